The first-order chi connectivity index (χ1) is 6.36. The predicted octanol–water partition coefficient (Wildman–Crippen LogP) is 1.10. The van der Waals surface area contributed by atoms with E-state index in [1.54, 1.807) is 0 Å². The van der Waals surface area contributed by atoms with E-state index >= 15 is 0 Å². The van der Waals surface area contributed by atoms with Crippen LogP contribution in [0.4, 0.5) is 0 Å². The lowest BCUT2D eigenvalue weighted by Crippen LogP contribution is -2.18. The normalized spacial score (nSPS) is 16.4. The highest BCUT2D eigenvalue weighted by atomic mass is 15.0. The molecule has 1 aliphatic carbocycles. The third kappa shape index (κ3) is 2.56. The Bertz CT molecular complexity index is 263. The molecule has 3 heteroatoms. The smallest absolute Gasteiger partial charge is 0.108 e. The average molecular weight is 179 g/mol. The highest BCUT2D eigenvalue weighted by Crippen LogP contribution is 2.18. The first-order valence-corrected chi connectivity index (χ1v) is 5.06. The third-order valence-electron chi connectivity index (χ3n) is 2.51. The largest absolute Gasteiger partial charge is 0.338 e. The van der Waals surface area contributed by atoms with Crippen LogP contribution in [0, 0.1) is 0 Å². The predicted molar refractivity (Wildman–Crippen MR) is 52.6 cm³/mol. The molecule has 0 aliphatic heterocycles. The van der Waals surface area contributed by atoms with Gasteiger partial charge in [0.05, 0.1) is 0 Å². The summed E-state index contributed by atoms with van der Waals surface area (Å²) in [5.74, 6) is 1.19. The molecule has 3 nitrogen and oxygen atoms in total. The Balaban J connectivity index is 1.64. The number of aromatic nitrogens is 2. The van der Waals surface area contributed by atoms with Crippen molar-refractivity contribution in [2.24, 2.45) is 7.05 Å². The number of aryl methyl sites for hydroxylation is 2. The second kappa shape index (κ2) is 3.92. The monoisotopic (exact) mass is 179 g/mol. The molecule has 2 rings (SSSR count). The van der Waals surface area contributed by atoms with E-state index in [-0.39, 0.29) is 0 Å². The molecular formula is C10H17N3. The summed E-state index contributed by atoms with van der Waals surface area (Å²) in [6.45, 7) is 1.14. The fourth-order valence-electron chi connectivity index (χ4n) is 1.48. The van der Waals surface area contributed by atoms with Gasteiger partial charge in [0.2, 0.25) is 0 Å². The van der Waals surface area contributed by atoms with Crippen LogP contribution in [0.1, 0.15) is 25.1 Å². The van der Waals surface area contributed by atoms with Crippen LogP contribution < -0.4 is 5.32 Å². The van der Waals surface area contributed by atoms with Crippen LogP contribution in [0.5, 0.6) is 0 Å². The second-order valence-electron chi connectivity index (χ2n) is 3.79. The molecule has 1 fully saturated rings. The van der Waals surface area contributed by atoms with Gasteiger partial charge in [0.1, 0.15) is 5.82 Å². The molecule has 1 aliphatic rings. The van der Waals surface area contributed by atoms with Crippen LogP contribution in [-0.4, -0.2) is 22.1 Å². The minimum absolute atomic E-state index is 0.835. The Kier molecular flexibility index (Phi) is 2.64. The van der Waals surface area contributed by atoms with E-state index < -0.39 is 0 Å². The molecule has 1 aromatic heterocycles. The fourth-order valence-corrected chi connectivity index (χ4v) is 1.48. The molecule has 0 saturated heterocycles. The maximum atomic E-state index is 4.28. The minimum Gasteiger partial charge on any atom is -0.338 e. The van der Waals surface area contributed by atoms with Gasteiger partial charge in [-0.2, -0.15) is 0 Å². The third-order valence-corrected chi connectivity index (χ3v) is 2.51. The molecule has 0 bridgehead atoms. The molecule has 1 N–H and O–H groups in total. The van der Waals surface area contributed by atoms with Crippen molar-refractivity contribution < 1.29 is 0 Å². The maximum absolute atomic E-state index is 4.28. The minimum atomic E-state index is 0.835. The van der Waals surface area contributed by atoms with Crippen LogP contribution in [0.2, 0.25) is 0 Å². The molecule has 13 heavy (non-hydrogen) atoms. The van der Waals surface area contributed by atoms with E-state index in [2.05, 4.69) is 21.9 Å². The van der Waals surface area contributed by atoms with Gasteiger partial charge in [0.25, 0.3) is 0 Å². The van der Waals surface area contributed by atoms with Crippen molar-refractivity contribution in [3.05, 3.63) is 18.2 Å². The fraction of sp³-hybridized carbons (Fsp3) is 0.700. The quantitative estimate of drug-likeness (QED) is 0.686. The lowest BCUT2D eigenvalue weighted by atomic mass is 10.3. The molecule has 0 spiro atoms. The van der Waals surface area contributed by atoms with Crippen LogP contribution in [0.3, 0.4) is 0 Å². The Morgan fingerprint density at radius 2 is 2.46 bits per heavy atom. The Labute approximate surface area is 79.2 Å². The van der Waals surface area contributed by atoms with Crippen LogP contribution in [0.15, 0.2) is 12.4 Å². The Morgan fingerprint density at radius 3 is 3.08 bits per heavy atom. The molecule has 0 unspecified atom stereocenters. The number of hydrogen-bond donors (Lipinski definition) is 1. The number of nitrogens with zero attached hydrogens (tertiary/aromatic N) is 2. The summed E-state index contributed by atoms with van der Waals surface area (Å²) in [6.07, 6.45) is 8.91. The van der Waals surface area contributed by atoms with E-state index in [0.29, 0.717) is 0 Å². The van der Waals surface area contributed by atoms with Gasteiger partial charge in [-0.3, -0.25) is 0 Å². The first-order valence-electron chi connectivity index (χ1n) is 5.06. The highest BCUT2D eigenvalue weighted by molar-refractivity contribution is 4.91. The first kappa shape index (κ1) is 8.75. The van der Waals surface area contributed by atoms with Gasteiger partial charge in [0, 0.05) is 31.9 Å². The summed E-state index contributed by atoms with van der Waals surface area (Å²) < 4.78 is 2.09. The van der Waals surface area contributed by atoms with E-state index in [0.717, 1.165) is 19.0 Å². The number of hydrogen-bond acceptors (Lipinski definition) is 2. The Hall–Kier alpha value is -0.830. The van der Waals surface area contributed by atoms with E-state index in [1.807, 2.05) is 12.4 Å². The lowest BCUT2D eigenvalue weighted by Gasteiger charge is -2.02. The Morgan fingerprint density at radius 1 is 1.62 bits per heavy atom. The highest BCUT2D eigenvalue weighted by Gasteiger charge is 2.19. The van der Waals surface area contributed by atoms with Gasteiger partial charge in [-0.15, -0.1) is 0 Å². The zero-order valence-electron chi connectivity index (χ0n) is 8.16. The van der Waals surface area contributed by atoms with Gasteiger partial charge >= 0.3 is 0 Å². The van der Waals surface area contributed by atoms with Crippen molar-refractivity contribution in [3.8, 4) is 0 Å². The molecular weight excluding hydrogens is 162 g/mol. The van der Waals surface area contributed by atoms with Crippen molar-refractivity contribution in [3.63, 3.8) is 0 Å². The SMILES string of the molecule is Cn1ccnc1CCCNC1CC1. The summed E-state index contributed by atoms with van der Waals surface area (Å²) in [7, 11) is 2.05. The molecule has 1 saturated carbocycles. The second-order valence-corrected chi connectivity index (χ2v) is 3.79. The summed E-state index contributed by atoms with van der Waals surface area (Å²) >= 11 is 0. The van der Waals surface area contributed by atoms with Crippen LogP contribution in [-0.2, 0) is 13.5 Å². The molecule has 1 heterocycles. The van der Waals surface area contributed by atoms with Gasteiger partial charge < -0.3 is 9.88 Å². The number of rotatable bonds is 5. The molecule has 0 aromatic carbocycles. The van der Waals surface area contributed by atoms with Gasteiger partial charge in [-0.05, 0) is 25.8 Å². The number of imidazole rings is 1. The average Bonchev–Trinajstić information content (AvgIpc) is 2.86. The summed E-state index contributed by atoms with van der Waals surface area (Å²) in [6, 6.07) is 0.835. The summed E-state index contributed by atoms with van der Waals surface area (Å²) in [5, 5.41) is 3.50. The van der Waals surface area contributed by atoms with Crippen molar-refractivity contribution >= 4 is 0 Å². The molecule has 0 atom stereocenters. The number of nitrogens with one attached hydrogen (secondary N) is 1. The topological polar surface area (TPSA) is 29.9 Å². The van der Waals surface area contributed by atoms with E-state index in [1.165, 1.54) is 25.1 Å². The summed E-state index contributed by atoms with van der Waals surface area (Å²) in [4.78, 5) is 4.28. The summed E-state index contributed by atoms with van der Waals surface area (Å²) in [5.41, 5.74) is 0. The molecule has 1 aromatic rings. The van der Waals surface area contributed by atoms with E-state index in [9.17, 15) is 0 Å². The van der Waals surface area contributed by atoms with Crippen LogP contribution in [0.25, 0.3) is 0 Å². The van der Waals surface area contributed by atoms with Crippen molar-refractivity contribution in [2.45, 2.75) is 31.7 Å². The van der Waals surface area contributed by atoms with Crippen molar-refractivity contribution in [1.82, 2.24) is 14.9 Å². The lowest BCUT2D eigenvalue weighted by molar-refractivity contribution is 0.626. The molecule has 0 amide bonds. The zero-order chi connectivity index (χ0) is 9.10. The van der Waals surface area contributed by atoms with Crippen molar-refractivity contribution in [1.29, 1.82) is 0 Å². The molecule has 72 valence electrons. The van der Waals surface area contributed by atoms with Gasteiger partial charge in [-0.1, -0.05) is 0 Å². The van der Waals surface area contributed by atoms with Gasteiger partial charge in [0.15, 0.2) is 0 Å². The van der Waals surface area contributed by atoms with E-state index in [4.69, 9.17) is 0 Å². The standard InChI is InChI=1S/C10H17N3/c1-13-8-7-12-10(13)3-2-6-11-9-4-5-9/h7-9,11H,2-6H2,1H3. The van der Waals surface area contributed by atoms with Crippen molar-refractivity contribution in [2.75, 3.05) is 6.54 Å². The van der Waals surface area contributed by atoms with Gasteiger partial charge in [-0.25, -0.2) is 4.98 Å². The molecule has 0 radical (unpaired) electrons. The maximum Gasteiger partial charge on any atom is 0.108 e. The van der Waals surface area contributed by atoms with Crippen LogP contribution >= 0.6 is 0 Å². The zero-order valence-corrected chi connectivity index (χ0v) is 8.16.